The van der Waals surface area contributed by atoms with Crippen molar-refractivity contribution in [2.75, 3.05) is 37.5 Å². The fraction of sp³-hybridized carbons (Fsp3) is 0.281. The summed E-state index contributed by atoms with van der Waals surface area (Å²) in [7, 11) is 1.59. The van der Waals surface area contributed by atoms with Gasteiger partial charge in [0, 0.05) is 43.0 Å². The molecule has 0 saturated heterocycles. The quantitative estimate of drug-likeness (QED) is 0.251. The summed E-state index contributed by atoms with van der Waals surface area (Å²) in [6, 6.07) is 18.7. The number of methoxy groups -OCH3 is 1. The van der Waals surface area contributed by atoms with Gasteiger partial charge in [0.15, 0.2) is 0 Å². The van der Waals surface area contributed by atoms with Crippen LogP contribution in [-0.2, 0) is 14.3 Å². The van der Waals surface area contributed by atoms with Gasteiger partial charge in [-0.15, -0.1) is 11.8 Å². The second-order valence-electron chi connectivity index (χ2n) is 10.1. The third-order valence-corrected chi connectivity index (χ3v) is 8.57. The van der Waals surface area contributed by atoms with Gasteiger partial charge in [-0.3, -0.25) is 14.5 Å². The second kappa shape index (κ2) is 12.9. The fourth-order valence-electron chi connectivity index (χ4n) is 5.06. The number of aromatic nitrogens is 2. The molecule has 0 radical (unpaired) electrons. The first-order valence-electron chi connectivity index (χ1n) is 13.7. The maximum absolute atomic E-state index is 15.4. The van der Waals surface area contributed by atoms with Crippen molar-refractivity contribution in [2.45, 2.75) is 25.5 Å². The lowest BCUT2D eigenvalue weighted by molar-refractivity contribution is -0.122. The molecule has 4 aromatic rings. The largest absolute Gasteiger partial charge is 0.385 e. The minimum absolute atomic E-state index is 0.0197. The number of carbonyl (C=O) groups is 2. The summed E-state index contributed by atoms with van der Waals surface area (Å²) in [6.45, 7) is 4.60. The molecule has 218 valence electrons. The van der Waals surface area contributed by atoms with Gasteiger partial charge >= 0.3 is 0 Å². The highest BCUT2D eigenvalue weighted by molar-refractivity contribution is 8.00. The summed E-state index contributed by atoms with van der Waals surface area (Å²) < 4.78 is 36.1. The molecule has 10 heteroatoms. The molecule has 3 aromatic carbocycles. The fourth-order valence-corrected chi connectivity index (χ4v) is 6.28. The zero-order valence-corrected chi connectivity index (χ0v) is 24.5. The minimum Gasteiger partial charge on any atom is -0.385 e. The number of halogens is 2. The van der Waals surface area contributed by atoms with Gasteiger partial charge in [-0.25, -0.2) is 13.5 Å². The van der Waals surface area contributed by atoms with Crippen LogP contribution in [0.15, 0.2) is 66.7 Å². The highest BCUT2D eigenvalue weighted by atomic mass is 32.2. The van der Waals surface area contributed by atoms with E-state index in [1.807, 2.05) is 62.4 Å². The average Bonchev–Trinajstić information content (AvgIpc) is 3.30. The number of thioether (sulfide) groups is 1. The Morgan fingerprint density at radius 1 is 1.10 bits per heavy atom. The van der Waals surface area contributed by atoms with Gasteiger partial charge in [0.05, 0.1) is 22.4 Å². The molecule has 1 atom stereocenters. The van der Waals surface area contributed by atoms with E-state index in [0.717, 1.165) is 28.4 Å². The molecule has 0 saturated carbocycles. The minimum atomic E-state index is -0.714. The van der Waals surface area contributed by atoms with E-state index < -0.39 is 16.9 Å². The van der Waals surface area contributed by atoms with Gasteiger partial charge in [-0.2, -0.15) is 5.10 Å². The van der Waals surface area contributed by atoms with Crippen molar-refractivity contribution in [1.82, 2.24) is 15.1 Å². The number of nitrogens with zero attached hydrogens (tertiary/aromatic N) is 3. The van der Waals surface area contributed by atoms with Crippen LogP contribution in [0.4, 0.5) is 14.6 Å². The van der Waals surface area contributed by atoms with Crippen LogP contribution in [0.1, 0.15) is 33.9 Å². The zero-order valence-electron chi connectivity index (χ0n) is 23.7. The van der Waals surface area contributed by atoms with Crippen LogP contribution in [0.2, 0.25) is 0 Å². The summed E-state index contributed by atoms with van der Waals surface area (Å²) in [5.41, 5.74) is 4.83. The molecular formula is C32H32F2N4O3S. The van der Waals surface area contributed by atoms with Crippen LogP contribution in [0.25, 0.3) is 16.9 Å². The predicted molar refractivity (Wildman–Crippen MR) is 161 cm³/mol. The summed E-state index contributed by atoms with van der Waals surface area (Å²) in [6.07, 6.45) is 0.627. The smallest absolute Gasteiger partial charge is 0.240 e. The average molecular weight is 591 g/mol. The van der Waals surface area contributed by atoms with Crippen LogP contribution in [0.3, 0.4) is 0 Å². The van der Waals surface area contributed by atoms with E-state index in [2.05, 4.69) is 5.32 Å². The van der Waals surface area contributed by atoms with Gasteiger partial charge in [-0.05, 0) is 43.5 Å². The van der Waals surface area contributed by atoms with E-state index in [-0.39, 0.29) is 29.7 Å². The molecule has 5 rings (SSSR count). The van der Waals surface area contributed by atoms with Crippen molar-refractivity contribution in [3.05, 3.63) is 101 Å². The highest BCUT2D eigenvalue weighted by Crippen LogP contribution is 2.49. The van der Waals surface area contributed by atoms with E-state index in [1.165, 1.54) is 28.8 Å². The number of carbonyl (C=O) groups excluding carboxylic acids is 2. The molecule has 2 amide bonds. The number of fused-ring (bicyclic) bond motifs is 1. The Labute approximate surface area is 247 Å². The lowest BCUT2D eigenvalue weighted by Gasteiger charge is -2.24. The SMILES string of the molecule is COCCCNC(=O)CN1C(=O)CS[C@@H](c2ccc(F)cc2F)c2c(-c3ccccc3)nn(-c3cccc(C)c3C)c21. The molecule has 7 nitrogen and oxygen atoms in total. The normalized spacial score (nSPS) is 14.9. The van der Waals surface area contributed by atoms with Gasteiger partial charge < -0.3 is 10.1 Å². The first kappa shape index (κ1) is 29.5. The van der Waals surface area contributed by atoms with E-state index >= 15 is 4.39 Å². The number of anilines is 1. The Kier molecular flexibility index (Phi) is 9.03. The lowest BCUT2D eigenvalue weighted by atomic mass is 9.99. The van der Waals surface area contributed by atoms with Crippen LogP contribution in [0, 0.1) is 25.5 Å². The molecular weight excluding hydrogens is 558 g/mol. The Balaban J connectivity index is 1.76. The van der Waals surface area contributed by atoms with Crippen molar-refractivity contribution in [2.24, 2.45) is 0 Å². The zero-order chi connectivity index (χ0) is 29.8. The topological polar surface area (TPSA) is 76.5 Å². The van der Waals surface area contributed by atoms with Gasteiger partial charge in [0.1, 0.15) is 24.0 Å². The molecule has 0 spiro atoms. The van der Waals surface area contributed by atoms with Crippen LogP contribution in [0.5, 0.6) is 0 Å². The number of benzene rings is 3. The van der Waals surface area contributed by atoms with Gasteiger partial charge in [0.25, 0.3) is 0 Å². The summed E-state index contributed by atoms with van der Waals surface area (Å²) >= 11 is 1.23. The number of hydrogen-bond donors (Lipinski definition) is 1. The summed E-state index contributed by atoms with van der Waals surface area (Å²) in [5, 5.41) is 7.20. The second-order valence-corrected chi connectivity index (χ2v) is 11.2. The van der Waals surface area contributed by atoms with Crippen molar-refractivity contribution in [1.29, 1.82) is 0 Å². The van der Waals surface area contributed by atoms with Crippen molar-refractivity contribution >= 4 is 29.4 Å². The standard InChI is InChI=1S/C32H32F2N4O3S/c1-20-9-7-12-26(21(20)2)38-32-29(30(36-38)22-10-5-4-6-11-22)31(24-14-13-23(33)17-25(24)34)42-19-28(40)37(32)18-27(39)35-15-8-16-41-3/h4-7,9-14,17,31H,8,15-16,18-19H2,1-3H3,(H,35,39)/t31-/m0/s1. The number of nitrogens with one attached hydrogen (secondary N) is 1. The summed E-state index contributed by atoms with van der Waals surface area (Å²) in [4.78, 5) is 28.4. The maximum Gasteiger partial charge on any atom is 0.240 e. The third kappa shape index (κ3) is 5.96. The number of ether oxygens (including phenoxy) is 1. The van der Waals surface area contributed by atoms with Gasteiger partial charge in [-0.1, -0.05) is 48.5 Å². The molecule has 1 aliphatic heterocycles. The molecule has 1 aromatic heterocycles. The Bertz CT molecular complexity index is 1610. The Morgan fingerprint density at radius 2 is 1.88 bits per heavy atom. The monoisotopic (exact) mass is 590 g/mol. The molecule has 42 heavy (non-hydrogen) atoms. The van der Waals surface area contributed by atoms with Crippen molar-refractivity contribution in [3.8, 4) is 16.9 Å². The molecule has 1 N–H and O–H groups in total. The molecule has 0 aliphatic carbocycles. The lowest BCUT2D eigenvalue weighted by Crippen LogP contribution is -2.42. The van der Waals surface area contributed by atoms with E-state index in [1.54, 1.807) is 11.8 Å². The van der Waals surface area contributed by atoms with Crippen LogP contribution < -0.4 is 10.2 Å². The molecule has 1 aliphatic rings. The van der Waals surface area contributed by atoms with E-state index in [4.69, 9.17) is 9.84 Å². The van der Waals surface area contributed by atoms with Gasteiger partial charge in [0.2, 0.25) is 11.8 Å². The Morgan fingerprint density at radius 3 is 2.62 bits per heavy atom. The number of rotatable bonds is 9. The van der Waals surface area contributed by atoms with Crippen molar-refractivity contribution in [3.63, 3.8) is 0 Å². The van der Waals surface area contributed by atoms with Crippen LogP contribution >= 0.6 is 11.8 Å². The van der Waals surface area contributed by atoms with Crippen molar-refractivity contribution < 1.29 is 23.1 Å². The number of amides is 2. The molecule has 0 fully saturated rings. The predicted octanol–water partition coefficient (Wildman–Crippen LogP) is 5.76. The highest BCUT2D eigenvalue weighted by Gasteiger charge is 2.38. The molecule has 0 bridgehead atoms. The molecule has 0 unspecified atom stereocenters. The first-order chi connectivity index (χ1) is 20.3. The molecule has 2 heterocycles. The van der Waals surface area contributed by atoms with Crippen LogP contribution in [-0.4, -0.2) is 54.2 Å². The summed E-state index contributed by atoms with van der Waals surface area (Å²) in [5.74, 6) is -1.69. The Hall–Kier alpha value is -4.02. The van der Waals surface area contributed by atoms with E-state index in [9.17, 15) is 14.0 Å². The first-order valence-corrected chi connectivity index (χ1v) is 14.7. The number of aryl methyl sites for hydroxylation is 1. The van der Waals surface area contributed by atoms with E-state index in [0.29, 0.717) is 36.6 Å². The number of hydrogen-bond acceptors (Lipinski definition) is 5. The third-order valence-electron chi connectivity index (χ3n) is 7.33. The maximum atomic E-state index is 15.4.